The molecule has 2 rings (SSSR count). The van der Waals surface area contributed by atoms with Crippen LogP contribution in [0.1, 0.15) is 82.5 Å². The van der Waals surface area contributed by atoms with Crippen LogP contribution in [-0.4, -0.2) is 54.7 Å². The van der Waals surface area contributed by atoms with E-state index in [2.05, 4.69) is 16.8 Å². The number of carbonyl (C=O) groups excluding carboxylic acids is 2. The van der Waals surface area contributed by atoms with Crippen molar-refractivity contribution in [2.45, 2.75) is 84.0 Å². The van der Waals surface area contributed by atoms with Crippen LogP contribution in [0.4, 0.5) is 0 Å². The monoisotopic (exact) mass is 499 g/mol. The summed E-state index contributed by atoms with van der Waals surface area (Å²) < 4.78 is 19.0. The number of nitrogens with zero attached hydrogens (tertiary/aromatic N) is 2. The van der Waals surface area contributed by atoms with Gasteiger partial charge < -0.3 is 9.47 Å². The van der Waals surface area contributed by atoms with E-state index in [4.69, 9.17) is 13.1 Å². The third-order valence-electron chi connectivity index (χ3n) is 5.68. The summed E-state index contributed by atoms with van der Waals surface area (Å²) in [4.78, 5) is 30.8. The predicted molar refractivity (Wildman–Crippen MR) is 123 cm³/mol. The quantitative estimate of drug-likeness (QED) is 0.330. The number of hydrogen-bond acceptors (Lipinski definition) is 7. The van der Waals surface area contributed by atoms with Gasteiger partial charge in [0.1, 0.15) is 13.2 Å². The summed E-state index contributed by atoms with van der Waals surface area (Å²) in [6.07, 6.45) is 13.3. The van der Waals surface area contributed by atoms with E-state index in [-0.39, 0.29) is 24.8 Å². The maximum atomic E-state index is 12.1. The standard InChI is InChI=1S/C25H40N2O4.O.V/c1-2-3-4-5-6-7-8-9-10-11-15-27-16-18-30-24(28)20-22-13-12-14-23(26-22)21-25(29)31-19-17-27;;/h12-14H,2-11,15-21H2,1H3;;. The first kappa shape index (κ1) is 29.5. The molecule has 0 amide bonds. The fourth-order valence-electron chi connectivity index (χ4n) is 3.86. The molecule has 0 aliphatic carbocycles. The van der Waals surface area contributed by atoms with E-state index in [9.17, 15) is 9.59 Å². The van der Waals surface area contributed by atoms with E-state index < -0.39 is 0 Å². The summed E-state index contributed by atoms with van der Waals surface area (Å²) in [6, 6.07) is 5.36. The van der Waals surface area contributed by atoms with Crippen LogP contribution in [0.25, 0.3) is 0 Å². The number of carbonyl (C=O) groups is 2. The zero-order valence-corrected chi connectivity index (χ0v) is 21.5. The van der Waals surface area contributed by atoms with E-state index >= 15 is 0 Å². The molecule has 0 saturated heterocycles. The molecule has 0 saturated carbocycles. The Kier molecular flexibility index (Phi) is 17.7. The Hall–Kier alpha value is -1.57. The third kappa shape index (κ3) is 15.1. The fourth-order valence-corrected chi connectivity index (χ4v) is 3.86. The molecule has 2 bridgehead atoms. The molecule has 1 aromatic heterocycles. The van der Waals surface area contributed by atoms with Crippen LogP contribution in [0, 0.1) is 0 Å². The van der Waals surface area contributed by atoms with Crippen molar-refractivity contribution in [3.63, 3.8) is 0 Å². The van der Waals surface area contributed by atoms with Gasteiger partial charge in [-0.15, -0.1) is 0 Å². The van der Waals surface area contributed by atoms with Gasteiger partial charge in [-0.05, 0) is 25.1 Å². The van der Waals surface area contributed by atoms with Crippen LogP contribution in [0.15, 0.2) is 18.2 Å². The Morgan fingerprint density at radius 3 is 1.73 bits per heavy atom. The van der Waals surface area contributed by atoms with Crippen LogP contribution < -0.4 is 0 Å². The van der Waals surface area contributed by atoms with Gasteiger partial charge in [0.05, 0.1) is 24.2 Å². The second kappa shape index (κ2) is 19.9. The summed E-state index contributed by atoms with van der Waals surface area (Å²) in [5, 5.41) is 0. The average molecular weight is 500 g/mol. The zero-order chi connectivity index (χ0) is 24.2. The first-order valence-corrected chi connectivity index (χ1v) is 12.9. The summed E-state index contributed by atoms with van der Waals surface area (Å²) >= 11 is 1.06. The van der Waals surface area contributed by atoms with Crippen LogP contribution in [-0.2, 0) is 52.9 Å². The Labute approximate surface area is 208 Å². The van der Waals surface area contributed by atoms with Crippen molar-refractivity contribution in [2.24, 2.45) is 0 Å². The summed E-state index contributed by atoms with van der Waals surface area (Å²) in [7, 11) is 0. The second-order valence-corrected chi connectivity index (χ2v) is 8.44. The number of aromatic nitrogens is 1. The Bertz CT molecular complexity index is 635. The van der Waals surface area contributed by atoms with E-state index in [1.54, 1.807) is 18.2 Å². The first-order valence-electron chi connectivity index (χ1n) is 12.3. The van der Waals surface area contributed by atoms with Gasteiger partial charge >= 0.3 is 33.0 Å². The molecule has 185 valence electrons. The van der Waals surface area contributed by atoms with Gasteiger partial charge in [0, 0.05) is 13.1 Å². The molecular weight excluding hydrogens is 459 g/mol. The average Bonchev–Trinajstić information content (AvgIpc) is 2.81. The molecule has 8 heteroatoms. The van der Waals surface area contributed by atoms with Gasteiger partial charge in [-0.3, -0.25) is 19.5 Å². The van der Waals surface area contributed by atoms with Crippen molar-refractivity contribution >= 4 is 11.9 Å². The second-order valence-electron chi connectivity index (χ2n) is 8.44. The molecule has 0 atom stereocenters. The van der Waals surface area contributed by atoms with Crippen molar-refractivity contribution in [3.05, 3.63) is 29.6 Å². The fraction of sp³-hybridized carbons (Fsp3) is 0.720. The van der Waals surface area contributed by atoms with Crippen LogP contribution in [0.3, 0.4) is 0 Å². The van der Waals surface area contributed by atoms with E-state index in [1.807, 2.05) is 0 Å². The number of pyridine rings is 1. The van der Waals surface area contributed by atoms with Crippen molar-refractivity contribution in [1.82, 2.24) is 9.88 Å². The first-order chi connectivity index (χ1) is 16.2. The SMILES string of the molecule is CCCCCCCCCCCCN1CCOC(=O)Cc2cccc(n2)CC(=O)OCC1.[O]=[V]. The van der Waals surface area contributed by atoms with Crippen molar-refractivity contribution < 1.29 is 40.1 Å². The maximum absolute atomic E-state index is 12.1. The van der Waals surface area contributed by atoms with Crippen LogP contribution >= 0.6 is 0 Å². The molecule has 0 radical (unpaired) electrons. The van der Waals surface area contributed by atoms with E-state index in [0.717, 1.165) is 30.3 Å². The zero-order valence-electron chi connectivity index (χ0n) is 20.1. The molecule has 0 unspecified atom stereocenters. The van der Waals surface area contributed by atoms with Gasteiger partial charge in [-0.1, -0.05) is 70.8 Å². The molecule has 0 N–H and O–H groups in total. The third-order valence-corrected chi connectivity index (χ3v) is 5.68. The van der Waals surface area contributed by atoms with E-state index in [0.29, 0.717) is 37.7 Å². The number of unbranched alkanes of at least 4 members (excludes halogenated alkanes) is 9. The minimum atomic E-state index is -0.275. The molecule has 0 spiro atoms. The van der Waals surface area contributed by atoms with Gasteiger partial charge in [-0.25, -0.2) is 0 Å². The molecule has 7 nitrogen and oxygen atoms in total. The number of fused-ring (bicyclic) bond motifs is 2. The van der Waals surface area contributed by atoms with Crippen LogP contribution in [0.5, 0.6) is 0 Å². The van der Waals surface area contributed by atoms with Gasteiger partial charge in [-0.2, -0.15) is 0 Å². The van der Waals surface area contributed by atoms with Gasteiger partial charge in [0.15, 0.2) is 0 Å². The van der Waals surface area contributed by atoms with Gasteiger partial charge in [0.2, 0.25) is 0 Å². The molecule has 0 aromatic carbocycles. The van der Waals surface area contributed by atoms with E-state index in [1.165, 1.54) is 57.8 Å². The molecule has 1 aromatic rings. The van der Waals surface area contributed by atoms with Crippen molar-refractivity contribution in [2.75, 3.05) is 32.8 Å². The summed E-state index contributed by atoms with van der Waals surface area (Å²) in [5.74, 6) is -0.550. The summed E-state index contributed by atoms with van der Waals surface area (Å²) in [5.41, 5.74) is 1.24. The molecule has 2 heterocycles. The number of cyclic esters (lactones) is 2. The number of hydrogen-bond donors (Lipinski definition) is 0. The molecule has 1 aliphatic rings. The normalized spacial score (nSPS) is 15.5. The van der Waals surface area contributed by atoms with Crippen molar-refractivity contribution in [3.8, 4) is 0 Å². The molecular formula is C25H40N2O5V. The summed E-state index contributed by atoms with van der Waals surface area (Å²) in [6.45, 7) is 5.22. The minimum absolute atomic E-state index is 0.126. The Morgan fingerprint density at radius 2 is 1.24 bits per heavy atom. The number of ether oxygens (including phenoxy) is 2. The van der Waals surface area contributed by atoms with Crippen molar-refractivity contribution in [1.29, 1.82) is 0 Å². The molecule has 33 heavy (non-hydrogen) atoms. The number of esters is 2. The van der Waals surface area contributed by atoms with Crippen LogP contribution in [0.2, 0.25) is 0 Å². The Balaban J connectivity index is 0.00000265. The molecule has 0 fully saturated rings. The Morgan fingerprint density at radius 1 is 0.788 bits per heavy atom. The predicted octanol–water partition coefficient (Wildman–Crippen LogP) is 4.37. The number of rotatable bonds is 11. The topological polar surface area (TPSA) is 85.8 Å². The molecule has 1 aliphatic heterocycles. The van der Waals surface area contributed by atoms with Gasteiger partial charge in [0.25, 0.3) is 0 Å².